The summed E-state index contributed by atoms with van der Waals surface area (Å²) in [5.41, 5.74) is 6.53. The molecule has 0 atom stereocenters. The highest BCUT2D eigenvalue weighted by Crippen LogP contribution is 2.36. The second-order valence-electron chi connectivity index (χ2n) is 4.73. The van der Waals surface area contributed by atoms with Crippen LogP contribution in [0.4, 0.5) is 5.69 Å². The SMILES string of the molecule is COc1ccc(Oc2ncnc(Sc3ccc(Cl)cc3)c2N)cc1. The molecule has 0 unspecified atom stereocenters. The number of rotatable bonds is 5. The van der Waals surface area contributed by atoms with Gasteiger partial charge in [0.1, 0.15) is 28.5 Å². The third-order valence-corrected chi connectivity index (χ3v) is 4.39. The van der Waals surface area contributed by atoms with Crippen LogP contribution in [0.15, 0.2) is 64.8 Å². The highest BCUT2D eigenvalue weighted by molar-refractivity contribution is 7.99. The van der Waals surface area contributed by atoms with Crippen molar-refractivity contribution in [2.45, 2.75) is 9.92 Å². The number of nitrogen functional groups attached to an aromatic ring is 1. The Morgan fingerprint density at radius 3 is 2.29 bits per heavy atom. The zero-order chi connectivity index (χ0) is 16.9. The Hall–Kier alpha value is -2.44. The fourth-order valence-corrected chi connectivity index (χ4v) is 2.82. The van der Waals surface area contributed by atoms with E-state index in [4.69, 9.17) is 26.8 Å². The normalized spacial score (nSPS) is 10.4. The summed E-state index contributed by atoms with van der Waals surface area (Å²) in [4.78, 5) is 9.30. The first-order chi connectivity index (χ1) is 11.7. The molecule has 1 heterocycles. The minimum absolute atomic E-state index is 0.312. The van der Waals surface area contributed by atoms with E-state index in [1.165, 1.54) is 18.1 Å². The Bertz CT molecular complexity index is 826. The topological polar surface area (TPSA) is 70.3 Å². The number of methoxy groups -OCH3 is 1. The predicted molar refractivity (Wildman–Crippen MR) is 95.1 cm³/mol. The molecule has 1 aromatic heterocycles. The number of hydrogen-bond acceptors (Lipinski definition) is 6. The van der Waals surface area contributed by atoms with Crippen molar-refractivity contribution in [1.82, 2.24) is 9.97 Å². The lowest BCUT2D eigenvalue weighted by molar-refractivity contribution is 0.412. The molecule has 7 heteroatoms. The van der Waals surface area contributed by atoms with Crippen molar-refractivity contribution in [3.8, 4) is 17.4 Å². The maximum Gasteiger partial charge on any atom is 0.247 e. The second-order valence-corrected chi connectivity index (χ2v) is 6.23. The van der Waals surface area contributed by atoms with Gasteiger partial charge in [-0.25, -0.2) is 4.98 Å². The first kappa shape index (κ1) is 16.4. The van der Waals surface area contributed by atoms with Crippen LogP contribution in [0.5, 0.6) is 17.4 Å². The summed E-state index contributed by atoms with van der Waals surface area (Å²) < 4.78 is 10.9. The third kappa shape index (κ3) is 3.90. The maximum atomic E-state index is 6.14. The molecule has 0 aliphatic carbocycles. The number of nitrogens with zero attached hydrogens (tertiary/aromatic N) is 2. The maximum absolute atomic E-state index is 6.14. The van der Waals surface area contributed by atoms with Crippen molar-refractivity contribution < 1.29 is 9.47 Å². The quantitative estimate of drug-likeness (QED) is 0.668. The van der Waals surface area contributed by atoms with Gasteiger partial charge in [-0.1, -0.05) is 23.4 Å². The van der Waals surface area contributed by atoms with Gasteiger partial charge in [0.15, 0.2) is 0 Å². The molecule has 5 nitrogen and oxygen atoms in total. The Morgan fingerprint density at radius 2 is 1.62 bits per heavy atom. The lowest BCUT2D eigenvalue weighted by Gasteiger charge is -2.10. The number of anilines is 1. The zero-order valence-electron chi connectivity index (χ0n) is 12.8. The van der Waals surface area contributed by atoms with Crippen LogP contribution in [0.1, 0.15) is 0 Å². The van der Waals surface area contributed by atoms with Gasteiger partial charge in [0, 0.05) is 9.92 Å². The molecule has 0 fully saturated rings. The Labute approximate surface area is 148 Å². The number of halogens is 1. The number of hydrogen-bond donors (Lipinski definition) is 1. The fraction of sp³-hybridized carbons (Fsp3) is 0.0588. The van der Waals surface area contributed by atoms with E-state index < -0.39 is 0 Å². The molecule has 0 saturated heterocycles. The first-order valence-electron chi connectivity index (χ1n) is 7.01. The van der Waals surface area contributed by atoms with Gasteiger partial charge in [0.25, 0.3) is 0 Å². The van der Waals surface area contributed by atoms with Crippen LogP contribution in [0.2, 0.25) is 5.02 Å². The first-order valence-corrected chi connectivity index (χ1v) is 8.21. The van der Waals surface area contributed by atoms with E-state index in [0.717, 1.165) is 10.6 Å². The van der Waals surface area contributed by atoms with Crippen LogP contribution in [-0.2, 0) is 0 Å². The number of benzene rings is 2. The Balaban J connectivity index is 1.80. The van der Waals surface area contributed by atoms with Gasteiger partial charge in [-0.2, -0.15) is 4.98 Å². The number of ether oxygens (including phenoxy) is 2. The monoisotopic (exact) mass is 359 g/mol. The summed E-state index contributed by atoms with van der Waals surface area (Å²) in [5, 5.41) is 1.30. The highest BCUT2D eigenvalue weighted by atomic mass is 35.5. The van der Waals surface area contributed by atoms with Crippen LogP contribution in [0.3, 0.4) is 0 Å². The van der Waals surface area contributed by atoms with Crippen molar-refractivity contribution in [3.05, 3.63) is 59.9 Å². The van der Waals surface area contributed by atoms with Gasteiger partial charge in [-0.05, 0) is 48.5 Å². The molecule has 122 valence electrons. The molecular formula is C17H14ClN3O2S. The largest absolute Gasteiger partial charge is 0.497 e. The van der Waals surface area contributed by atoms with Gasteiger partial charge in [-0.15, -0.1) is 0 Å². The number of aromatic nitrogens is 2. The minimum atomic E-state index is 0.312. The van der Waals surface area contributed by atoms with Crippen molar-refractivity contribution in [2.75, 3.05) is 12.8 Å². The molecule has 24 heavy (non-hydrogen) atoms. The van der Waals surface area contributed by atoms with E-state index >= 15 is 0 Å². The van der Waals surface area contributed by atoms with E-state index in [2.05, 4.69) is 9.97 Å². The summed E-state index contributed by atoms with van der Waals surface area (Å²) in [6.45, 7) is 0. The third-order valence-electron chi connectivity index (χ3n) is 3.11. The van der Waals surface area contributed by atoms with Crippen LogP contribution < -0.4 is 15.2 Å². The van der Waals surface area contributed by atoms with Crippen LogP contribution in [-0.4, -0.2) is 17.1 Å². The molecule has 0 radical (unpaired) electrons. The average molecular weight is 360 g/mol. The highest BCUT2D eigenvalue weighted by Gasteiger charge is 2.12. The van der Waals surface area contributed by atoms with E-state index in [9.17, 15) is 0 Å². The van der Waals surface area contributed by atoms with Gasteiger partial charge >= 0.3 is 0 Å². The Kier molecular flexibility index (Phi) is 5.08. The van der Waals surface area contributed by atoms with Crippen LogP contribution in [0.25, 0.3) is 0 Å². The van der Waals surface area contributed by atoms with E-state index in [0.29, 0.717) is 27.4 Å². The van der Waals surface area contributed by atoms with Gasteiger partial charge in [-0.3, -0.25) is 0 Å². The molecule has 2 aromatic carbocycles. The molecule has 0 saturated carbocycles. The summed E-state index contributed by atoms with van der Waals surface area (Å²) in [7, 11) is 1.61. The van der Waals surface area contributed by atoms with Crippen LogP contribution >= 0.6 is 23.4 Å². The van der Waals surface area contributed by atoms with Crippen molar-refractivity contribution in [1.29, 1.82) is 0 Å². The van der Waals surface area contributed by atoms with Crippen molar-refractivity contribution in [3.63, 3.8) is 0 Å². The molecule has 0 spiro atoms. The summed E-state index contributed by atoms with van der Waals surface area (Å²) in [6, 6.07) is 14.6. The smallest absolute Gasteiger partial charge is 0.247 e. The van der Waals surface area contributed by atoms with Gasteiger partial charge < -0.3 is 15.2 Å². The lowest BCUT2D eigenvalue weighted by Crippen LogP contribution is -1.99. The van der Waals surface area contributed by atoms with E-state index in [1.54, 1.807) is 31.4 Å². The van der Waals surface area contributed by atoms with Crippen molar-refractivity contribution >= 4 is 29.1 Å². The molecule has 3 aromatic rings. The van der Waals surface area contributed by atoms with E-state index in [1.807, 2.05) is 24.3 Å². The van der Waals surface area contributed by atoms with Gasteiger partial charge in [0.2, 0.25) is 5.88 Å². The Morgan fingerprint density at radius 1 is 0.958 bits per heavy atom. The van der Waals surface area contributed by atoms with E-state index in [-0.39, 0.29) is 0 Å². The standard InChI is InChI=1S/C17H14ClN3O2S/c1-22-12-4-6-13(7-5-12)23-16-15(19)17(21-10-20-16)24-14-8-2-11(18)3-9-14/h2-10H,19H2,1H3. The minimum Gasteiger partial charge on any atom is -0.497 e. The van der Waals surface area contributed by atoms with Gasteiger partial charge in [0.05, 0.1) is 7.11 Å². The molecule has 0 aliphatic rings. The fourth-order valence-electron chi connectivity index (χ4n) is 1.90. The molecule has 0 bridgehead atoms. The summed E-state index contributed by atoms with van der Waals surface area (Å²) in [5.74, 6) is 1.67. The molecule has 3 rings (SSSR count). The molecule has 2 N–H and O–H groups in total. The molecule has 0 amide bonds. The summed E-state index contributed by atoms with van der Waals surface area (Å²) >= 11 is 7.31. The molecular weight excluding hydrogens is 346 g/mol. The zero-order valence-corrected chi connectivity index (χ0v) is 14.3. The lowest BCUT2D eigenvalue weighted by atomic mass is 10.3. The van der Waals surface area contributed by atoms with Crippen molar-refractivity contribution in [2.24, 2.45) is 0 Å². The predicted octanol–water partition coefficient (Wildman–Crippen LogP) is 4.66. The summed E-state index contributed by atoms with van der Waals surface area (Å²) in [6.07, 6.45) is 1.42. The van der Waals surface area contributed by atoms with Crippen LogP contribution in [0, 0.1) is 0 Å². The molecule has 0 aliphatic heterocycles. The average Bonchev–Trinajstić information content (AvgIpc) is 2.61. The second kappa shape index (κ2) is 7.42. The number of nitrogens with two attached hydrogens (primary N) is 1.